The van der Waals surface area contributed by atoms with E-state index in [4.69, 9.17) is 4.74 Å². The maximum absolute atomic E-state index is 13.1. The number of hydrogen-bond donors (Lipinski definition) is 1. The Bertz CT molecular complexity index is 693. The van der Waals surface area contributed by atoms with E-state index >= 15 is 0 Å². The topological polar surface area (TPSA) is 62.7 Å². The van der Waals surface area contributed by atoms with Crippen molar-refractivity contribution in [3.63, 3.8) is 0 Å². The molecule has 1 aromatic heterocycles. The van der Waals surface area contributed by atoms with Crippen LogP contribution < -0.4 is 0 Å². The van der Waals surface area contributed by atoms with Crippen LogP contribution in [0.25, 0.3) is 0 Å². The Labute approximate surface area is 139 Å². The summed E-state index contributed by atoms with van der Waals surface area (Å²) < 4.78 is 18.9. The molecule has 3 rings (SSSR count). The van der Waals surface area contributed by atoms with Crippen molar-refractivity contribution in [3.05, 3.63) is 65.7 Å². The second-order valence-electron chi connectivity index (χ2n) is 5.96. The van der Waals surface area contributed by atoms with E-state index < -0.39 is 5.60 Å². The van der Waals surface area contributed by atoms with Crippen molar-refractivity contribution in [1.82, 2.24) is 9.88 Å². The van der Waals surface area contributed by atoms with Crippen LogP contribution in [-0.4, -0.2) is 52.8 Å². The minimum Gasteiger partial charge on any atom is -0.393 e. The van der Waals surface area contributed by atoms with Crippen molar-refractivity contribution in [2.45, 2.75) is 12.0 Å². The number of amides is 1. The van der Waals surface area contributed by atoms with Crippen LogP contribution in [0.3, 0.4) is 0 Å². The van der Waals surface area contributed by atoms with E-state index in [-0.39, 0.29) is 24.9 Å². The van der Waals surface area contributed by atoms with Gasteiger partial charge >= 0.3 is 0 Å². The second-order valence-corrected chi connectivity index (χ2v) is 5.96. The fraction of sp³-hybridized carbons (Fsp3) is 0.333. The number of aliphatic hydroxyl groups is 1. The Morgan fingerprint density at radius 2 is 1.96 bits per heavy atom. The Kier molecular flexibility index (Phi) is 4.87. The van der Waals surface area contributed by atoms with Crippen LogP contribution in [0.15, 0.2) is 48.8 Å². The molecule has 2 heterocycles. The molecule has 5 nitrogen and oxygen atoms in total. The lowest BCUT2D eigenvalue weighted by atomic mass is 9.93. The van der Waals surface area contributed by atoms with Crippen LogP contribution in [-0.2, 0) is 11.2 Å². The Balaban J connectivity index is 1.76. The van der Waals surface area contributed by atoms with E-state index in [0.29, 0.717) is 25.1 Å². The minimum atomic E-state index is -0.876. The largest absolute Gasteiger partial charge is 0.393 e. The molecule has 6 heteroatoms. The summed E-state index contributed by atoms with van der Waals surface area (Å²) in [5, 5.41) is 9.88. The third kappa shape index (κ3) is 3.60. The molecule has 0 unspecified atom stereocenters. The van der Waals surface area contributed by atoms with Gasteiger partial charge in [0, 0.05) is 30.9 Å². The van der Waals surface area contributed by atoms with Gasteiger partial charge in [-0.15, -0.1) is 0 Å². The van der Waals surface area contributed by atoms with E-state index in [1.807, 2.05) is 0 Å². The summed E-state index contributed by atoms with van der Waals surface area (Å²) in [4.78, 5) is 18.2. The predicted octanol–water partition coefficient (Wildman–Crippen LogP) is 1.67. The molecule has 24 heavy (non-hydrogen) atoms. The summed E-state index contributed by atoms with van der Waals surface area (Å²) in [6.07, 6.45) is 3.56. The molecule has 126 valence electrons. The zero-order valence-electron chi connectivity index (χ0n) is 13.2. The number of aliphatic hydroxyl groups excluding tert-OH is 1. The minimum absolute atomic E-state index is 0.113. The highest BCUT2D eigenvalue weighted by atomic mass is 19.1. The summed E-state index contributed by atoms with van der Waals surface area (Å²) in [7, 11) is 0. The first kappa shape index (κ1) is 16.5. The lowest BCUT2D eigenvalue weighted by Gasteiger charge is -2.42. The zero-order valence-corrected chi connectivity index (χ0v) is 13.2. The van der Waals surface area contributed by atoms with Gasteiger partial charge in [0.1, 0.15) is 11.4 Å². The summed E-state index contributed by atoms with van der Waals surface area (Å²) in [5.74, 6) is -0.423. The van der Waals surface area contributed by atoms with Crippen LogP contribution >= 0.6 is 0 Å². The Hall–Kier alpha value is -2.31. The van der Waals surface area contributed by atoms with Crippen molar-refractivity contribution >= 4 is 5.91 Å². The molecule has 0 aliphatic carbocycles. The van der Waals surface area contributed by atoms with Crippen LogP contribution in [0.1, 0.15) is 15.9 Å². The van der Waals surface area contributed by atoms with Gasteiger partial charge in [0.2, 0.25) is 0 Å². The van der Waals surface area contributed by atoms with E-state index in [0.717, 1.165) is 5.56 Å². The third-order valence-corrected chi connectivity index (χ3v) is 4.19. The number of hydrogen-bond acceptors (Lipinski definition) is 4. The number of aromatic nitrogens is 1. The highest BCUT2D eigenvalue weighted by Crippen LogP contribution is 2.24. The summed E-state index contributed by atoms with van der Waals surface area (Å²) in [6, 6.07) is 9.42. The molecule has 1 aliphatic rings. The first-order chi connectivity index (χ1) is 11.6. The van der Waals surface area contributed by atoms with E-state index in [2.05, 4.69) is 4.98 Å². The van der Waals surface area contributed by atoms with Crippen molar-refractivity contribution in [2.75, 3.05) is 26.3 Å². The number of morpholine rings is 1. The Morgan fingerprint density at radius 1 is 1.25 bits per heavy atom. The Morgan fingerprint density at radius 3 is 2.62 bits per heavy atom. The van der Waals surface area contributed by atoms with Gasteiger partial charge in [0.15, 0.2) is 0 Å². The molecule has 0 radical (unpaired) electrons. The van der Waals surface area contributed by atoms with Gasteiger partial charge < -0.3 is 14.7 Å². The maximum atomic E-state index is 13.1. The van der Waals surface area contributed by atoms with Crippen LogP contribution in [0.2, 0.25) is 0 Å². The number of carbonyl (C=O) groups excluding carboxylic acids is 1. The van der Waals surface area contributed by atoms with E-state index in [9.17, 15) is 14.3 Å². The molecule has 2 aromatic rings. The molecular weight excluding hydrogens is 311 g/mol. The third-order valence-electron chi connectivity index (χ3n) is 4.19. The lowest BCUT2D eigenvalue weighted by molar-refractivity contribution is -0.123. The maximum Gasteiger partial charge on any atom is 0.254 e. The van der Waals surface area contributed by atoms with Crippen molar-refractivity contribution in [1.29, 1.82) is 0 Å². The van der Waals surface area contributed by atoms with Gasteiger partial charge in [-0.2, -0.15) is 0 Å². The molecule has 0 spiro atoms. The molecule has 1 N–H and O–H groups in total. The van der Waals surface area contributed by atoms with Gasteiger partial charge in [-0.1, -0.05) is 12.1 Å². The predicted molar refractivity (Wildman–Crippen MR) is 86.0 cm³/mol. The number of nitrogens with zero attached hydrogens (tertiary/aromatic N) is 2. The molecule has 1 fully saturated rings. The number of halogens is 1. The summed E-state index contributed by atoms with van der Waals surface area (Å²) >= 11 is 0. The van der Waals surface area contributed by atoms with Gasteiger partial charge in [-0.05, 0) is 29.8 Å². The number of rotatable bonds is 4. The molecule has 0 saturated carbocycles. The average Bonchev–Trinajstić information content (AvgIpc) is 2.64. The van der Waals surface area contributed by atoms with Gasteiger partial charge in [-0.25, -0.2) is 4.39 Å². The van der Waals surface area contributed by atoms with Crippen LogP contribution in [0, 0.1) is 5.82 Å². The van der Waals surface area contributed by atoms with Crippen molar-refractivity contribution in [3.8, 4) is 0 Å². The van der Waals surface area contributed by atoms with Gasteiger partial charge in [0.25, 0.3) is 5.91 Å². The average molecular weight is 330 g/mol. The zero-order chi connectivity index (χ0) is 17.0. The SMILES string of the molecule is O=C(c1ccncc1)N1CCO[C@](CO)(Cc2ccc(F)cc2)C1. The van der Waals surface area contributed by atoms with Gasteiger partial charge in [-0.3, -0.25) is 9.78 Å². The van der Waals surface area contributed by atoms with Crippen molar-refractivity contribution in [2.24, 2.45) is 0 Å². The number of pyridine rings is 1. The highest BCUT2D eigenvalue weighted by molar-refractivity contribution is 5.94. The molecule has 1 amide bonds. The molecule has 1 aliphatic heterocycles. The van der Waals surface area contributed by atoms with Crippen molar-refractivity contribution < 1.29 is 19.0 Å². The smallest absolute Gasteiger partial charge is 0.254 e. The number of benzene rings is 1. The molecule has 1 saturated heterocycles. The fourth-order valence-electron chi connectivity index (χ4n) is 2.93. The van der Waals surface area contributed by atoms with E-state index in [1.54, 1.807) is 41.6 Å². The molecule has 1 atom stereocenters. The molecule has 0 bridgehead atoms. The first-order valence-corrected chi connectivity index (χ1v) is 7.80. The molecular formula is C18H19FN2O3. The first-order valence-electron chi connectivity index (χ1n) is 7.80. The molecule has 1 aromatic carbocycles. The van der Waals surface area contributed by atoms with E-state index in [1.165, 1.54) is 12.1 Å². The second kappa shape index (κ2) is 7.07. The standard InChI is InChI=1S/C18H19FN2O3/c19-16-3-1-14(2-4-16)11-18(13-22)12-21(9-10-24-18)17(23)15-5-7-20-8-6-15/h1-8,22H,9-13H2/t18-/m1/s1. The highest BCUT2D eigenvalue weighted by Gasteiger charge is 2.38. The van der Waals surface area contributed by atoms with Crippen LogP contribution in [0.4, 0.5) is 4.39 Å². The summed E-state index contributed by atoms with van der Waals surface area (Å²) in [5.41, 5.74) is 0.530. The number of ether oxygens (including phenoxy) is 1. The normalized spacial score (nSPS) is 20.8. The van der Waals surface area contributed by atoms with Crippen LogP contribution in [0.5, 0.6) is 0 Å². The summed E-state index contributed by atoms with van der Waals surface area (Å²) in [6.45, 7) is 0.872. The quantitative estimate of drug-likeness (QED) is 0.926. The number of carbonyl (C=O) groups is 1. The monoisotopic (exact) mass is 330 g/mol. The fourth-order valence-corrected chi connectivity index (χ4v) is 2.93. The lowest BCUT2D eigenvalue weighted by Crippen LogP contribution is -2.56. The van der Waals surface area contributed by atoms with Gasteiger partial charge in [0.05, 0.1) is 19.8 Å².